The highest BCUT2D eigenvalue weighted by Crippen LogP contribution is 2.12. The first-order valence-electron chi connectivity index (χ1n) is 5.35. The summed E-state index contributed by atoms with van der Waals surface area (Å²) >= 11 is 0. The van der Waals surface area contributed by atoms with Gasteiger partial charge in [0.1, 0.15) is 5.60 Å². The molecule has 0 saturated carbocycles. The van der Waals surface area contributed by atoms with Crippen molar-refractivity contribution in [3.05, 3.63) is 35.4 Å². The Hall–Kier alpha value is -1.89. The van der Waals surface area contributed by atoms with Crippen LogP contribution in [0.25, 0.3) is 0 Å². The Morgan fingerprint density at radius 3 is 2.24 bits per heavy atom. The molecule has 0 spiro atoms. The molecule has 92 valence electrons. The van der Waals surface area contributed by atoms with E-state index in [0.29, 0.717) is 6.42 Å². The van der Waals surface area contributed by atoms with E-state index in [-0.39, 0.29) is 5.97 Å². The lowest BCUT2D eigenvalue weighted by molar-refractivity contribution is -0.153. The van der Waals surface area contributed by atoms with Gasteiger partial charge in [-0.25, -0.2) is 0 Å². The summed E-state index contributed by atoms with van der Waals surface area (Å²) in [5, 5.41) is 12.0. The number of hydrogen-bond donors (Lipinski definition) is 0. The summed E-state index contributed by atoms with van der Waals surface area (Å²) in [5.74, 6) is -0.170. The smallest absolute Gasteiger partial charge is 0.310 e. The fraction of sp³-hybridized carbons (Fsp3) is 0.462. The second-order valence-electron chi connectivity index (χ2n) is 4.69. The number of hydrogen-bond acceptors (Lipinski definition) is 4. The van der Waals surface area contributed by atoms with Gasteiger partial charge in [-0.3, -0.25) is 4.79 Å². The predicted octanol–water partition coefficient (Wildman–Crippen LogP) is 2.91. The molecule has 0 heterocycles. The first-order valence-corrected chi connectivity index (χ1v) is 5.35. The number of nitrogens with zero attached hydrogens (tertiary/aromatic N) is 2. The van der Waals surface area contributed by atoms with Crippen LogP contribution in [0.3, 0.4) is 0 Å². The van der Waals surface area contributed by atoms with Gasteiger partial charge < -0.3 is 4.74 Å². The Labute approximate surface area is 102 Å². The highest BCUT2D eigenvalue weighted by molar-refractivity contribution is 5.73. The van der Waals surface area contributed by atoms with E-state index >= 15 is 0 Å². The molecule has 0 bridgehead atoms. The molecule has 0 aliphatic rings. The van der Waals surface area contributed by atoms with Gasteiger partial charge in [0.2, 0.25) is 0 Å². The normalized spacial score (nSPS) is 10.0. The number of esters is 1. The molecule has 0 aliphatic heterocycles. The van der Waals surface area contributed by atoms with Crippen LogP contribution in [0.4, 0.5) is 0 Å². The molecule has 0 radical (unpaired) electrons. The van der Waals surface area contributed by atoms with Gasteiger partial charge in [0.05, 0.1) is 6.42 Å². The van der Waals surface area contributed by atoms with Crippen LogP contribution < -0.4 is 0 Å². The number of rotatable bonds is 2. The number of carbonyl (C=O) groups excluding carboxylic acids is 1. The molecule has 4 heteroatoms. The highest BCUT2D eigenvalue weighted by atomic mass is 16.6. The van der Waals surface area contributed by atoms with Gasteiger partial charge in [-0.15, -0.1) is 0 Å². The second-order valence-corrected chi connectivity index (χ2v) is 4.69. The van der Waals surface area contributed by atoms with Crippen LogP contribution in [0.1, 0.15) is 31.9 Å². The van der Waals surface area contributed by atoms with Crippen LogP contribution in [-0.2, 0) is 16.0 Å². The van der Waals surface area contributed by atoms with E-state index < -0.39 is 5.60 Å². The monoisotopic (exact) mass is 234 g/mol. The SMILES string of the molecule is Cc1ccccc1CC(=O)OC(C)(C)C.N#N. The summed E-state index contributed by atoms with van der Waals surface area (Å²) in [4.78, 5) is 11.6. The second kappa shape index (κ2) is 6.64. The zero-order valence-electron chi connectivity index (χ0n) is 10.7. The Morgan fingerprint density at radius 1 is 1.24 bits per heavy atom. The fourth-order valence-electron chi connectivity index (χ4n) is 1.34. The van der Waals surface area contributed by atoms with Gasteiger partial charge in [-0.05, 0) is 38.8 Å². The number of benzene rings is 1. The number of ether oxygens (including phenoxy) is 1. The van der Waals surface area contributed by atoms with Crippen molar-refractivity contribution < 1.29 is 9.53 Å². The van der Waals surface area contributed by atoms with E-state index in [0.717, 1.165) is 11.1 Å². The van der Waals surface area contributed by atoms with Crippen LogP contribution in [0, 0.1) is 17.7 Å². The lowest BCUT2D eigenvalue weighted by Crippen LogP contribution is -2.25. The molecule has 0 fully saturated rings. The Balaban J connectivity index is 0.00000121. The Bertz CT molecular complexity index is 392. The minimum absolute atomic E-state index is 0.170. The van der Waals surface area contributed by atoms with Gasteiger partial charge in [0.15, 0.2) is 0 Å². The summed E-state index contributed by atoms with van der Waals surface area (Å²) in [6, 6.07) is 7.86. The summed E-state index contributed by atoms with van der Waals surface area (Å²) in [7, 11) is 0. The summed E-state index contributed by atoms with van der Waals surface area (Å²) in [5.41, 5.74) is 1.76. The van der Waals surface area contributed by atoms with Gasteiger partial charge in [0.25, 0.3) is 0 Å². The van der Waals surface area contributed by atoms with Crippen molar-refractivity contribution in [2.24, 2.45) is 0 Å². The molecule has 0 N–H and O–H groups in total. The van der Waals surface area contributed by atoms with E-state index in [9.17, 15) is 4.79 Å². The Morgan fingerprint density at radius 2 is 1.76 bits per heavy atom. The lowest BCUT2D eigenvalue weighted by atomic mass is 10.1. The molecule has 1 aromatic carbocycles. The maximum absolute atomic E-state index is 11.6. The van der Waals surface area contributed by atoms with Crippen molar-refractivity contribution in [3.8, 4) is 0 Å². The van der Waals surface area contributed by atoms with Crippen molar-refractivity contribution in [1.29, 1.82) is 10.8 Å². The van der Waals surface area contributed by atoms with Crippen molar-refractivity contribution >= 4 is 5.97 Å². The summed E-state index contributed by atoms with van der Waals surface area (Å²) in [6.07, 6.45) is 0.351. The van der Waals surface area contributed by atoms with E-state index in [2.05, 4.69) is 0 Å². The maximum Gasteiger partial charge on any atom is 0.310 e. The van der Waals surface area contributed by atoms with E-state index in [4.69, 9.17) is 15.5 Å². The minimum Gasteiger partial charge on any atom is -0.460 e. The topological polar surface area (TPSA) is 73.9 Å². The van der Waals surface area contributed by atoms with Gasteiger partial charge >= 0.3 is 5.97 Å². The summed E-state index contributed by atoms with van der Waals surface area (Å²) in [6.45, 7) is 7.63. The molecule has 17 heavy (non-hydrogen) atoms. The van der Waals surface area contributed by atoms with Crippen molar-refractivity contribution in [2.45, 2.75) is 39.7 Å². The van der Waals surface area contributed by atoms with Crippen LogP contribution in [-0.4, -0.2) is 11.6 Å². The lowest BCUT2D eigenvalue weighted by Gasteiger charge is -2.19. The number of carbonyl (C=O) groups is 1. The Kier molecular flexibility index (Phi) is 5.90. The first kappa shape index (κ1) is 15.1. The zero-order chi connectivity index (χ0) is 13.5. The first-order chi connectivity index (χ1) is 7.88. The highest BCUT2D eigenvalue weighted by Gasteiger charge is 2.16. The van der Waals surface area contributed by atoms with Gasteiger partial charge in [-0.1, -0.05) is 24.3 Å². The molecular formula is C13H18N2O2. The third kappa shape index (κ3) is 6.31. The predicted molar refractivity (Wildman–Crippen MR) is 64.2 cm³/mol. The van der Waals surface area contributed by atoms with Crippen LogP contribution in [0.15, 0.2) is 24.3 Å². The average Bonchev–Trinajstić information content (AvgIpc) is 2.22. The zero-order valence-corrected chi connectivity index (χ0v) is 10.7. The molecule has 1 rings (SSSR count). The molecule has 0 saturated heterocycles. The molecule has 0 aliphatic carbocycles. The molecule has 0 atom stereocenters. The largest absolute Gasteiger partial charge is 0.460 e. The maximum atomic E-state index is 11.6. The van der Waals surface area contributed by atoms with Crippen LogP contribution in [0.5, 0.6) is 0 Å². The van der Waals surface area contributed by atoms with E-state index in [1.807, 2.05) is 52.0 Å². The fourth-order valence-corrected chi connectivity index (χ4v) is 1.34. The van der Waals surface area contributed by atoms with Crippen molar-refractivity contribution in [3.63, 3.8) is 0 Å². The average molecular weight is 234 g/mol. The van der Waals surface area contributed by atoms with Crippen LogP contribution in [0.2, 0.25) is 0 Å². The quantitative estimate of drug-likeness (QED) is 0.582. The molecule has 0 aromatic heterocycles. The van der Waals surface area contributed by atoms with Crippen molar-refractivity contribution in [2.75, 3.05) is 0 Å². The van der Waals surface area contributed by atoms with Crippen LogP contribution >= 0.6 is 0 Å². The molecular weight excluding hydrogens is 216 g/mol. The molecule has 4 nitrogen and oxygen atoms in total. The van der Waals surface area contributed by atoms with Gasteiger partial charge in [0, 0.05) is 10.8 Å². The van der Waals surface area contributed by atoms with Gasteiger partial charge in [-0.2, -0.15) is 0 Å². The molecule has 1 aromatic rings. The minimum atomic E-state index is -0.403. The third-order valence-corrected chi connectivity index (χ3v) is 2.02. The molecule has 0 amide bonds. The third-order valence-electron chi connectivity index (χ3n) is 2.02. The summed E-state index contributed by atoms with van der Waals surface area (Å²) < 4.78 is 5.26. The molecule has 0 unspecified atom stereocenters. The van der Waals surface area contributed by atoms with E-state index in [1.165, 1.54) is 0 Å². The van der Waals surface area contributed by atoms with E-state index in [1.54, 1.807) is 0 Å². The van der Waals surface area contributed by atoms with Crippen molar-refractivity contribution in [1.82, 2.24) is 0 Å². The standard InChI is InChI=1S/C13H18O2.N2/c1-10-7-5-6-8-11(10)9-12(14)15-13(2,3)4;1-2/h5-8H,9H2,1-4H3;. The number of aryl methyl sites for hydroxylation is 1.